The first-order valence-corrected chi connectivity index (χ1v) is 9.25. The largest absolute Gasteiger partial charge is 0.388 e. The third-order valence-corrected chi connectivity index (χ3v) is 4.89. The van der Waals surface area contributed by atoms with Gasteiger partial charge in [0.25, 0.3) is 5.91 Å². The van der Waals surface area contributed by atoms with Gasteiger partial charge >= 0.3 is 0 Å². The molecular formula is C21H26ClN3O4. The van der Waals surface area contributed by atoms with E-state index in [-0.39, 0.29) is 43.7 Å². The number of hydrogen-bond acceptors (Lipinski definition) is 5. The smallest absolute Gasteiger partial charge is 0.251 e. The second-order valence-corrected chi connectivity index (χ2v) is 7.01. The molecule has 0 spiro atoms. The van der Waals surface area contributed by atoms with Crippen molar-refractivity contribution < 1.29 is 19.8 Å². The lowest BCUT2D eigenvalue weighted by molar-refractivity contribution is -0.129. The summed E-state index contributed by atoms with van der Waals surface area (Å²) in [5, 5.41) is 22.0. The van der Waals surface area contributed by atoms with E-state index >= 15 is 0 Å². The van der Waals surface area contributed by atoms with Crippen molar-refractivity contribution in [3.63, 3.8) is 0 Å². The number of aliphatic hydroxyl groups excluding tert-OH is 2. The van der Waals surface area contributed by atoms with E-state index in [1.807, 2.05) is 36.4 Å². The van der Waals surface area contributed by atoms with Crippen LogP contribution in [0.3, 0.4) is 0 Å². The van der Waals surface area contributed by atoms with Crippen LogP contribution in [0.5, 0.6) is 0 Å². The van der Waals surface area contributed by atoms with Crippen LogP contribution in [0.25, 0.3) is 0 Å². The number of β-amino-alcohol motifs (C(OH)–C–C–N with tert-alkyl or cyclic N) is 2. The van der Waals surface area contributed by atoms with Gasteiger partial charge in [-0.1, -0.05) is 36.4 Å². The van der Waals surface area contributed by atoms with Gasteiger partial charge in [0.1, 0.15) is 0 Å². The number of likely N-dealkylation sites (tertiary alicyclic amines) is 1. The van der Waals surface area contributed by atoms with Crippen molar-refractivity contribution in [1.29, 1.82) is 0 Å². The first-order valence-electron chi connectivity index (χ1n) is 9.25. The quantitative estimate of drug-likeness (QED) is 0.547. The van der Waals surface area contributed by atoms with Gasteiger partial charge in [0.2, 0.25) is 5.91 Å². The lowest BCUT2D eigenvalue weighted by Crippen LogP contribution is -2.31. The van der Waals surface area contributed by atoms with Crippen molar-refractivity contribution in [2.75, 3.05) is 13.1 Å². The molecule has 0 aliphatic carbocycles. The molecule has 0 radical (unpaired) electrons. The molecule has 29 heavy (non-hydrogen) atoms. The predicted molar refractivity (Wildman–Crippen MR) is 111 cm³/mol. The molecule has 5 N–H and O–H groups in total. The van der Waals surface area contributed by atoms with E-state index in [2.05, 4.69) is 5.32 Å². The van der Waals surface area contributed by atoms with Gasteiger partial charge in [-0.3, -0.25) is 9.59 Å². The van der Waals surface area contributed by atoms with Gasteiger partial charge < -0.3 is 26.2 Å². The fourth-order valence-electron chi connectivity index (χ4n) is 3.11. The molecule has 2 atom stereocenters. The number of nitrogens with zero attached hydrogens (tertiary/aromatic N) is 1. The summed E-state index contributed by atoms with van der Waals surface area (Å²) in [6.07, 6.45) is -1.54. The van der Waals surface area contributed by atoms with Crippen molar-refractivity contribution >= 4 is 24.2 Å². The average molecular weight is 420 g/mol. The summed E-state index contributed by atoms with van der Waals surface area (Å²) in [5.74, 6) is -0.286. The Morgan fingerprint density at radius 2 is 1.45 bits per heavy atom. The van der Waals surface area contributed by atoms with Gasteiger partial charge in [-0.05, 0) is 28.8 Å². The highest BCUT2D eigenvalue weighted by Crippen LogP contribution is 2.13. The van der Waals surface area contributed by atoms with Crippen LogP contribution in [-0.4, -0.2) is 52.2 Å². The molecule has 1 heterocycles. The van der Waals surface area contributed by atoms with Crippen LogP contribution in [0.15, 0.2) is 48.5 Å². The van der Waals surface area contributed by atoms with Gasteiger partial charge in [0, 0.05) is 31.7 Å². The summed E-state index contributed by atoms with van der Waals surface area (Å²) >= 11 is 0. The maximum atomic E-state index is 12.2. The van der Waals surface area contributed by atoms with E-state index in [0.29, 0.717) is 18.7 Å². The first-order chi connectivity index (χ1) is 13.5. The van der Waals surface area contributed by atoms with E-state index in [1.54, 1.807) is 12.1 Å². The zero-order valence-electron chi connectivity index (χ0n) is 16.0. The third kappa shape index (κ3) is 6.01. The van der Waals surface area contributed by atoms with Gasteiger partial charge in [0.05, 0.1) is 18.6 Å². The van der Waals surface area contributed by atoms with Crippen LogP contribution in [-0.2, 0) is 24.3 Å². The number of amides is 2. The number of nitrogens with one attached hydrogen (secondary N) is 1. The topological polar surface area (TPSA) is 116 Å². The third-order valence-electron chi connectivity index (χ3n) is 4.89. The molecule has 1 saturated heterocycles. The minimum atomic E-state index is -0.874. The minimum Gasteiger partial charge on any atom is -0.388 e. The van der Waals surface area contributed by atoms with Crippen LogP contribution in [0.2, 0.25) is 0 Å². The van der Waals surface area contributed by atoms with Crippen molar-refractivity contribution in [3.8, 4) is 0 Å². The Kier molecular flexibility index (Phi) is 8.16. The van der Waals surface area contributed by atoms with Crippen LogP contribution in [0.1, 0.15) is 27.0 Å². The molecule has 3 rings (SSSR count). The Hall–Kier alpha value is -2.45. The minimum absolute atomic E-state index is 0. The van der Waals surface area contributed by atoms with E-state index in [1.165, 1.54) is 4.90 Å². The van der Waals surface area contributed by atoms with Crippen molar-refractivity contribution in [2.45, 2.75) is 31.7 Å². The number of hydrogen-bond donors (Lipinski definition) is 4. The summed E-state index contributed by atoms with van der Waals surface area (Å²) < 4.78 is 0. The molecule has 0 aromatic heterocycles. The van der Waals surface area contributed by atoms with Crippen LogP contribution in [0.4, 0.5) is 0 Å². The second kappa shape index (κ2) is 10.4. The molecule has 7 nitrogen and oxygen atoms in total. The zero-order valence-corrected chi connectivity index (χ0v) is 16.8. The molecule has 2 amide bonds. The van der Waals surface area contributed by atoms with Gasteiger partial charge in [-0.25, -0.2) is 0 Å². The predicted octanol–water partition coefficient (Wildman–Crippen LogP) is 0.604. The Bertz CT molecular complexity index is 817. The SMILES string of the molecule is Cl.NCc1ccc(C(=O)NCc2ccc(CC(=O)N3C[C@H](O)[C@@H](O)C3)cc2)cc1. The molecule has 156 valence electrons. The maximum Gasteiger partial charge on any atom is 0.251 e. The fourth-order valence-corrected chi connectivity index (χ4v) is 3.11. The van der Waals surface area contributed by atoms with E-state index in [0.717, 1.165) is 16.7 Å². The van der Waals surface area contributed by atoms with Crippen molar-refractivity contribution in [2.24, 2.45) is 5.73 Å². The summed E-state index contributed by atoms with van der Waals surface area (Å²) in [5.41, 5.74) is 8.87. The Labute approximate surface area is 175 Å². The number of benzene rings is 2. The lowest BCUT2D eigenvalue weighted by atomic mass is 10.1. The Morgan fingerprint density at radius 3 is 2.00 bits per heavy atom. The second-order valence-electron chi connectivity index (χ2n) is 7.01. The first kappa shape index (κ1) is 22.8. The van der Waals surface area contributed by atoms with Crippen molar-refractivity contribution in [3.05, 3.63) is 70.8 Å². The Balaban J connectivity index is 0.00000300. The standard InChI is InChI=1S/C21H25N3O4.ClH/c22-10-15-5-7-17(8-6-15)21(28)23-11-16-3-1-14(2-4-16)9-20(27)24-12-18(25)19(26)13-24;/h1-8,18-19,25-26H,9-13,22H2,(H,23,28);1H/t18-,19-;/m0./s1. The van der Waals surface area contributed by atoms with Crippen molar-refractivity contribution in [1.82, 2.24) is 10.2 Å². The van der Waals surface area contributed by atoms with Gasteiger partial charge in [0.15, 0.2) is 0 Å². The van der Waals surface area contributed by atoms with E-state index in [4.69, 9.17) is 5.73 Å². The number of carbonyl (C=O) groups is 2. The molecular weight excluding hydrogens is 394 g/mol. The number of nitrogens with two attached hydrogens (primary N) is 1. The molecule has 0 saturated carbocycles. The lowest BCUT2D eigenvalue weighted by Gasteiger charge is -2.15. The summed E-state index contributed by atoms with van der Waals surface area (Å²) in [6.45, 7) is 1.15. The van der Waals surface area contributed by atoms with Gasteiger partial charge in [-0.15, -0.1) is 12.4 Å². The zero-order chi connectivity index (χ0) is 20.1. The maximum absolute atomic E-state index is 12.2. The highest BCUT2D eigenvalue weighted by atomic mass is 35.5. The monoisotopic (exact) mass is 419 g/mol. The highest BCUT2D eigenvalue weighted by Gasteiger charge is 2.32. The number of rotatable bonds is 6. The molecule has 8 heteroatoms. The molecule has 1 aliphatic rings. The molecule has 0 unspecified atom stereocenters. The van der Waals surface area contributed by atoms with E-state index < -0.39 is 12.2 Å². The number of halogens is 1. The summed E-state index contributed by atoms with van der Waals surface area (Å²) in [7, 11) is 0. The average Bonchev–Trinajstić information content (AvgIpc) is 3.06. The van der Waals surface area contributed by atoms with Crippen LogP contribution in [0, 0.1) is 0 Å². The number of carbonyl (C=O) groups excluding carboxylic acids is 2. The molecule has 1 fully saturated rings. The molecule has 1 aliphatic heterocycles. The summed E-state index contributed by atoms with van der Waals surface area (Å²) in [4.78, 5) is 25.9. The van der Waals surface area contributed by atoms with Crippen LogP contribution >= 0.6 is 12.4 Å². The van der Waals surface area contributed by atoms with E-state index in [9.17, 15) is 19.8 Å². The molecule has 2 aromatic rings. The fraction of sp³-hybridized carbons (Fsp3) is 0.333. The highest BCUT2D eigenvalue weighted by molar-refractivity contribution is 5.94. The van der Waals surface area contributed by atoms with Gasteiger partial charge in [-0.2, -0.15) is 0 Å². The van der Waals surface area contributed by atoms with Crippen LogP contribution < -0.4 is 11.1 Å². The normalized spacial score (nSPS) is 18.2. The summed E-state index contributed by atoms with van der Waals surface area (Å²) in [6, 6.07) is 14.6. The molecule has 0 bridgehead atoms. The Morgan fingerprint density at radius 1 is 0.931 bits per heavy atom. The molecule has 2 aromatic carbocycles. The number of aliphatic hydroxyl groups is 2.